The van der Waals surface area contributed by atoms with E-state index in [-0.39, 0.29) is 17.4 Å². The van der Waals surface area contributed by atoms with Gasteiger partial charge < -0.3 is 14.2 Å². The van der Waals surface area contributed by atoms with E-state index in [1.165, 1.54) is 0 Å². The minimum Gasteiger partial charge on any atom is -0.384 e. The maximum absolute atomic E-state index is 13.4. The molecule has 3 heterocycles. The predicted octanol–water partition coefficient (Wildman–Crippen LogP) is 2.63. The second-order valence-electron chi connectivity index (χ2n) is 6.85. The molecular formula is C19H23N3O2. The van der Waals surface area contributed by atoms with Crippen molar-refractivity contribution in [3.63, 3.8) is 0 Å². The Labute approximate surface area is 142 Å². The highest BCUT2D eigenvalue weighted by Crippen LogP contribution is 2.45. The quantitative estimate of drug-likeness (QED) is 0.868. The van der Waals surface area contributed by atoms with Gasteiger partial charge in [-0.3, -0.25) is 9.78 Å². The molecule has 5 heteroatoms. The minimum atomic E-state index is -0.337. The molecule has 1 atom stereocenters. The van der Waals surface area contributed by atoms with Crippen molar-refractivity contribution in [2.24, 2.45) is 5.41 Å². The average Bonchev–Trinajstić information content (AvgIpc) is 3.06. The molecule has 1 saturated carbocycles. The fraction of sp³-hybridized carbons (Fsp3) is 0.474. The molecule has 0 N–H and O–H groups in total. The number of methoxy groups -OCH3 is 1. The van der Waals surface area contributed by atoms with E-state index < -0.39 is 0 Å². The van der Waals surface area contributed by atoms with Crippen LogP contribution in [0.2, 0.25) is 0 Å². The Morgan fingerprint density at radius 1 is 1.29 bits per heavy atom. The monoisotopic (exact) mass is 325 g/mol. The van der Waals surface area contributed by atoms with E-state index in [0.717, 1.165) is 37.2 Å². The smallest absolute Gasteiger partial charge is 0.232 e. The summed E-state index contributed by atoms with van der Waals surface area (Å²) in [4.78, 5) is 20.0. The fourth-order valence-electron chi connectivity index (χ4n) is 4.06. The van der Waals surface area contributed by atoms with Crippen molar-refractivity contribution >= 4 is 5.91 Å². The van der Waals surface area contributed by atoms with Gasteiger partial charge in [0, 0.05) is 38.3 Å². The topological polar surface area (TPSA) is 47.4 Å². The maximum Gasteiger partial charge on any atom is 0.232 e. The SMILES string of the molecule is COCC1(C(=O)N2CCn3cccc3[C@@H]2c2ccccn2)CCC1. The van der Waals surface area contributed by atoms with Crippen LogP contribution in [0.4, 0.5) is 0 Å². The van der Waals surface area contributed by atoms with Crippen LogP contribution in [-0.4, -0.2) is 40.6 Å². The molecule has 4 rings (SSSR count). The molecule has 0 unspecified atom stereocenters. The summed E-state index contributed by atoms with van der Waals surface area (Å²) >= 11 is 0. The van der Waals surface area contributed by atoms with Gasteiger partial charge in [-0.2, -0.15) is 0 Å². The lowest BCUT2D eigenvalue weighted by Gasteiger charge is -2.46. The van der Waals surface area contributed by atoms with Crippen LogP contribution >= 0.6 is 0 Å². The van der Waals surface area contributed by atoms with Crippen LogP contribution < -0.4 is 0 Å². The number of hydrogen-bond acceptors (Lipinski definition) is 3. The van der Waals surface area contributed by atoms with Crippen molar-refractivity contribution < 1.29 is 9.53 Å². The number of amides is 1. The number of pyridine rings is 1. The van der Waals surface area contributed by atoms with E-state index in [2.05, 4.69) is 21.8 Å². The first kappa shape index (κ1) is 15.4. The van der Waals surface area contributed by atoms with Crippen molar-refractivity contribution in [1.29, 1.82) is 0 Å². The molecule has 0 aromatic carbocycles. The van der Waals surface area contributed by atoms with Crippen molar-refractivity contribution in [2.75, 3.05) is 20.3 Å². The van der Waals surface area contributed by atoms with Gasteiger partial charge in [0.1, 0.15) is 6.04 Å². The number of aromatic nitrogens is 2. The van der Waals surface area contributed by atoms with Gasteiger partial charge in [0.25, 0.3) is 0 Å². The van der Waals surface area contributed by atoms with Gasteiger partial charge in [-0.25, -0.2) is 0 Å². The zero-order valence-electron chi connectivity index (χ0n) is 14.0. The molecule has 2 aromatic heterocycles. The summed E-state index contributed by atoms with van der Waals surface area (Å²) in [6.45, 7) is 2.06. The Balaban J connectivity index is 1.73. The molecule has 1 aliphatic heterocycles. The van der Waals surface area contributed by atoms with Gasteiger partial charge in [0.05, 0.1) is 17.7 Å². The first-order valence-electron chi connectivity index (χ1n) is 8.61. The molecule has 1 amide bonds. The molecule has 1 aliphatic carbocycles. The Kier molecular flexibility index (Phi) is 3.88. The van der Waals surface area contributed by atoms with Crippen LogP contribution in [0, 0.1) is 5.41 Å². The third-order valence-electron chi connectivity index (χ3n) is 5.45. The summed E-state index contributed by atoms with van der Waals surface area (Å²) in [5.74, 6) is 0.221. The Morgan fingerprint density at radius 2 is 2.17 bits per heavy atom. The second kappa shape index (κ2) is 6.06. The van der Waals surface area contributed by atoms with Gasteiger partial charge in [-0.15, -0.1) is 0 Å². The highest BCUT2D eigenvalue weighted by atomic mass is 16.5. The van der Waals surface area contributed by atoms with E-state index in [9.17, 15) is 4.79 Å². The molecule has 0 spiro atoms. The van der Waals surface area contributed by atoms with E-state index in [1.54, 1.807) is 13.3 Å². The third kappa shape index (κ3) is 2.35. The minimum absolute atomic E-state index is 0.114. The largest absolute Gasteiger partial charge is 0.384 e. The first-order valence-corrected chi connectivity index (χ1v) is 8.61. The van der Waals surface area contributed by atoms with Crippen LogP contribution in [0.3, 0.4) is 0 Å². The second-order valence-corrected chi connectivity index (χ2v) is 6.85. The predicted molar refractivity (Wildman–Crippen MR) is 90.4 cm³/mol. The Hall–Kier alpha value is -2.14. The number of ether oxygens (including phenoxy) is 1. The number of carbonyl (C=O) groups excluding carboxylic acids is 1. The zero-order valence-corrected chi connectivity index (χ0v) is 14.0. The number of hydrogen-bond donors (Lipinski definition) is 0. The number of fused-ring (bicyclic) bond motifs is 1. The van der Waals surface area contributed by atoms with Crippen LogP contribution in [0.25, 0.3) is 0 Å². The van der Waals surface area contributed by atoms with Gasteiger partial charge in [0.2, 0.25) is 5.91 Å². The van der Waals surface area contributed by atoms with Crippen molar-refractivity contribution in [1.82, 2.24) is 14.5 Å². The fourth-order valence-corrected chi connectivity index (χ4v) is 4.06. The lowest BCUT2D eigenvalue weighted by atomic mass is 9.68. The standard InChI is InChI=1S/C19H23N3O2/c1-24-14-19(8-5-9-19)18(23)22-13-12-21-11-4-7-16(21)17(22)15-6-2-3-10-20-15/h2-4,6-7,10-11,17H,5,8-9,12-14H2,1H3/t17-/m0/s1. The van der Waals surface area contributed by atoms with Crippen molar-refractivity contribution in [3.8, 4) is 0 Å². The van der Waals surface area contributed by atoms with E-state index in [0.29, 0.717) is 13.2 Å². The summed E-state index contributed by atoms with van der Waals surface area (Å²) < 4.78 is 7.62. The molecular weight excluding hydrogens is 302 g/mol. The summed E-state index contributed by atoms with van der Waals surface area (Å²) in [7, 11) is 1.69. The van der Waals surface area contributed by atoms with E-state index in [1.807, 2.05) is 29.2 Å². The molecule has 2 aliphatic rings. The van der Waals surface area contributed by atoms with Gasteiger partial charge >= 0.3 is 0 Å². The molecule has 1 fully saturated rings. The van der Waals surface area contributed by atoms with Crippen LogP contribution in [0.5, 0.6) is 0 Å². The molecule has 0 bridgehead atoms. The van der Waals surface area contributed by atoms with Gasteiger partial charge in [-0.05, 0) is 37.1 Å². The van der Waals surface area contributed by atoms with Crippen LogP contribution in [-0.2, 0) is 16.1 Å². The Bertz CT molecular complexity index is 721. The molecule has 126 valence electrons. The molecule has 2 aromatic rings. The molecule has 0 saturated heterocycles. The van der Waals surface area contributed by atoms with Crippen molar-refractivity contribution in [3.05, 3.63) is 54.1 Å². The summed E-state index contributed by atoms with van der Waals surface area (Å²) in [6.07, 6.45) is 6.83. The van der Waals surface area contributed by atoms with Gasteiger partial charge in [0.15, 0.2) is 0 Å². The average molecular weight is 325 g/mol. The number of rotatable bonds is 4. The summed E-state index contributed by atoms with van der Waals surface area (Å²) in [5.41, 5.74) is 1.73. The lowest BCUT2D eigenvalue weighted by Crippen LogP contribution is -2.54. The number of nitrogens with zero attached hydrogens (tertiary/aromatic N) is 3. The normalized spacial score (nSPS) is 21.9. The van der Waals surface area contributed by atoms with Crippen molar-refractivity contribution in [2.45, 2.75) is 31.8 Å². The zero-order chi connectivity index (χ0) is 16.6. The van der Waals surface area contributed by atoms with Gasteiger partial charge in [-0.1, -0.05) is 12.5 Å². The molecule has 5 nitrogen and oxygen atoms in total. The third-order valence-corrected chi connectivity index (χ3v) is 5.45. The lowest BCUT2D eigenvalue weighted by molar-refractivity contribution is -0.155. The number of carbonyl (C=O) groups is 1. The highest BCUT2D eigenvalue weighted by molar-refractivity contribution is 5.84. The van der Waals surface area contributed by atoms with E-state index >= 15 is 0 Å². The summed E-state index contributed by atoms with van der Waals surface area (Å²) in [6, 6.07) is 9.95. The molecule has 24 heavy (non-hydrogen) atoms. The van der Waals surface area contributed by atoms with Crippen LogP contribution in [0.1, 0.15) is 36.7 Å². The molecule has 0 radical (unpaired) electrons. The first-order chi connectivity index (χ1) is 11.7. The Morgan fingerprint density at radius 3 is 2.83 bits per heavy atom. The van der Waals surface area contributed by atoms with E-state index in [4.69, 9.17) is 4.74 Å². The highest BCUT2D eigenvalue weighted by Gasteiger charge is 2.49. The maximum atomic E-state index is 13.4. The summed E-state index contributed by atoms with van der Waals surface area (Å²) in [5, 5.41) is 0. The van der Waals surface area contributed by atoms with Crippen LogP contribution in [0.15, 0.2) is 42.7 Å².